The molecule has 1 aliphatic rings. The fourth-order valence-corrected chi connectivity index (χ4v) is 2.36. The number of ketones is 1. The molecule has 0 aliphatic heterocycles. The van der Waals surface area contributed by atoms with Gasteiger partial charge in [0.2, 0.25) is 0 Å². The van der Waals surface area contributed by atoms with E-state index in [1.54, 1.807) is 0 Å². The van der Waals surface area contributed by atoms with Crippen LogP contribution in [0.25, 0.3) is 0 Å². The van der Waals surface area contributed by atoms with E-state index in [4.69, 9.17) is 4.74 Å². The van der Waals surface area contributed by atoms with Gasteiger partial charge < -0.3 is 4.74 Å². The number of aryl methyl sites for hydroxylation is 2. The van der Waals surface area contributed by atoms with Crippen molar-refractivity contribution in [1.82, 2.24) is 0 Å². The standard InChI is InChI=1S/C19H20O2/c1-13-3-4-14(2)16(11-13)12-19(20)15-5-7-17(8-6-15)21-18-9-10-18/h3-8,11,18H,9-10,12H2,1-2H3. The summed E-state index contributed by atoms with van der Waals surface area (Å²) < 4.78 is 5.70. The maximum absolute atomic E-state index is 12.4. The van der Waals surface area contributed by atoms with Crippen LogP contribution in [-0.2, 0) is 6.42 Å². The van der Waals surface area contributed by atoms with Crippen molar-refractivity contribution in [2.75, 3.05) is 0 Å². The number of hydrogen-bond acceptors (Lipinski definition) is 2. The van der Waals surface area contributed by atoms with Crippen LogP contribution >= 0.6 is 0 Å². The number of carbonyl (C=O) groups is 1. The van der Waals surface area contributed by atoms with E-state index in [9.17, 15) is 4.79 Å². The third-order valence-electron chi connectivity index (χ3n) is 3.86. The molecular formula is C19H20O2. The van der Waals surface area contributed by atoms with Crippen LogP contribution in [0.4, 0.5) is 0 Å². The predicted octanol–water partition coefficient (Wildman–Crippen LogP) is 4.27. The van der Waals surface area contributed by atoms with Gasteiger partial charge in [-0.25, -0.2) is 0 Å². The van der Waals surface area contributed by atoms with Gasteiger partial charge in [-0.3, -0.25) is 4.79 Å². The SMILES string of the molecule is Cc1ccc(C)c(CC(=O)c2ccc(OC3CC3)cc2)c1. The van der Waals surface area contributed by atoms with Crippen LogP contribution in [-0.4, -0.2) is 11.9 Å². The molecule has 2 aromatic rings. The maximum Gasteiger partial charge on any atom is 0.167 e. The Kier molecular flexibility index (Phi) is 3.78. The average molecular weight is 280 g/mol. The molecule has 0 saturated heterocycles. The molecule has 3 rings (SSSR count). The van der Waals surface area contributed by atoms with E-state index in [2.05, 4.69) is 32.0 Å². The van der Waals surface area contributed by atoms with Gasteiger partial charge in [-0.05, 0) is 62.1 Å². The largest absolute Gasteiger partial charge is 0.490 e. The topological polar surface area (TPSA) is 26.3 Å². The molecule has 108 valence electrons. The van der Waals surface area contributed by atoms with Crippen molar-refractivity contribution in [3.63, 3.8) is 0 Å². The third kappa shape index (κ3) is 3.52. The zero-order chi connectivity index (χ0) is 14.8. The molecule has 0 N–H and O–H groups in total. The highest BCUT2D eigenvalue weighted by Crippen LogP contribution is 2.27. The summed E-state index contributed by atoms with van der Waals surface area (Å²) in [5.41, 5.74) is 4.22. The second kappa shape index (κ2) is 5.72. The van der Waals surface area contributed by atoms with Gasteiger partial charge in [-0.15, -0.1) is 0 Å². The summed E-state index contributed by atoms with van der Waals surface area (Å²) >= 11 is 0. The van der Waals surface area contributed by atoms with Crippen LogP contribution < -0.4 is 4.74 Å². The van der Waals surface area contributed by atoms with Crippen LogP contribution in [0.1, 0.15) is 39.9 Å². The first-order valence-corrected chi connectivity index (χ1v) is 7.48. The van der Waals surface area contributed by atoms with E-state index in [0.717, 1.165) is 29.7 Å². The van der Waals surface area contributed by atoms with Gasteiger partial charge in [0, 0.05) is 12.0 Å². The molecule has 2 nitrogen and oxygen atoms in total. The molecule has 0 bridgehead atoms. The normalized spacial score (nSPS) is 14.0. The fraction of sp³-hybridized carbons (Fsp3) is 0.316. The summed E-state index contributed by atoms with van der Waals surface area (Å²) in [7, 11) is 0. The highest BCUT2D eigenvalue weighted by molar-refractivity contribution is 5.97. The third-order valence-corrected chi connectivity index (χ3v) is 3.86. The maximum atomic E-state index is 12.4. The molecule has 0 radical (unpaired) electrons. The van der Waals surface area contributed by atoms with Crippen molar-refractivity contribution in [3.05, 3.63) is 64.7 Å². The molecule has 2 aromatic carbocycles. The average Bonchev–Trinajstić information content (AvgIpc) is 3.27. The molecule has 1 aliphatic carbocycles. The lowest BCUT2D eigenvalue weighted by Gasteiger charge is -2.08. The van der Waals surface area contributed by atoms with Crippen molar-refractivity contribution in [3.8, 4) is 5.75 Å². The minimum atomic E-state index is 0.154. The van der Waals surface area contributed by atoms with E-state index in [0.29, 0.717) is 12.5 Å². The van der Waals surface area contributed by atoms with E-state index in [1.807, 2.05) is 24.3 Å². The van der Waals surface area contributed by atoms with Gasteiger partial charge in [0.05, 0.1) is 6.10 Å². The molecule has 0 aromatic heterocycles. The Bertz CT molecular complexity index is 652. The van der Waals surface area contributed by atoms with Crippen LogP contribution in [0.2, 0.25) is 0 Å². The smallest absolute Gasteiger partial charge is 0.167 e. The number of hydrogen-bond donors (Lipinski definition) is 0. The summed E-state index contributed by atoms with van der Waals surface area (Å²) in [4.78, 5) is 12.4. The summed E-state index contributed by atoms with van der Waals surface area (Å²) in [6.07, 6.45) is 3.14. The van der Waals surface area contributed by atoms with Crippen molar-refractivity contribution >= 4 is 5.78 Å². The zero-order valence-corrected chi connectivity index (χ0v) is 12.6. The Balaban J connectivity index is 1.70. The van der Waals surface area contributed by atoms with Crippen molar-refractivity contribution in [1.29, 1.82) is 0 Å². The van der Waals surface area contributed by atoms with Crippen LogP contribution in [0.3, 0.4) is 0 Å². The van der Waals surface area contributed by atoms with Gasteiger partial charge >= 0.3 is 0 Å². The van der Waals surface area contributed by atoms with Crippen LogP contribution in [0.5, 0.6) is 5.75 Å². The Morgan fingerprint density at radius 2 is 1.81 bits per heavy atom. The first kappa shape index (κ1) is 13.9. The summed E-state index contributed by atoms with van der Waals surface area (Å²) in [6, 6.07) is 13.8. The minimum absolute atomic E-state index is 0.154. The Morgan fingerprint density at radius 3 is 2.48 bits per heavy atom. The second-order valence-corrected chi connectivity index (χ2v) is 5.87. The van der Waals surface area contributed by atoms with Crippen molar-refractivity contribution < 1.29 is 9.53 Å². The molecule has 0 atom stereocenters. The number of rotatable bonds is 5. The lowest BCUT2D eigenvalue weighted by molar-refractivity contribution is 0.0992. The molecule has 1 saturated carbocycles. The number of benzene rings is 2. The van der Waals surface area contributed by atoms with Gasteiger partial charge in [0.25, 0.3) is 0 Å². The highest BCUT2D eigenvalue weighted by atomic mass is 16.5. The van der Waals surface area contributed by atoms with E-state index in [-0.39, 0.29) is 5.78 Å². The number of Topliss-reactive ketones (excluding diaryl/α,β-unsaturated/α-hetero) is 1. The molecule has 21 heavy (non-hydrogen) atoms. The molecule has 1 fully saturated rings. The van der Waals surface area contributed by atoms with Crippen molar-refractivity contribution in [2.45, 2.75) is 39.2 Å². The van der Waals surface area contributed by atoms with Crippen LogP contribution in [0.15, 0.2) is 42.5 Å². The lowest BCUT2D eigenvalue weighted by Crippen LogP contribution is -2.05. The van der Waals surface area contributed by atoms with Gasteiger partial charge in [0.1, 0.15) is 5.75 Å². The molecule has 0 heterocycles. The van der Waals surface area contributed by atoms with Gasteiger partial charge in [0.15, 0.2) is 5.78 Å². The Morgan fingerprint density at radius 1 is 1.10 bits per heavy atom. The van der Waals surface area contributed by atoms with Gasteiger partial charge in [-0.1, -0.05) is 23.8 Å². The summed E-state index contributed by atoms with van der Waals surface area (Å²) in [5.74, 6) is 1.02. The number of ether oxygens (including phenoxy) is 1. The Hall–Kier alpha value is -2.09. The van der Waals surface area contributed by atoms with E-state index >= 15 is 0 Å². The first-order valence-electron chi connectivity index (χ1n) is 7.48. The highest BCUT2D eigenvalue weighted by Gasteiger charge is 2.23. The molecule has 0 unspecified atom stereocenters. The van der Waals surface area contributed by atoms with Gasteiger partial charge in [-0.2, -0.15) is 0 Å². The molecule has 0 spiro atoms. The first-order chi connectivity index (χ1) is 10.1. The second-order valence-electron chi connectivity index (χ2n) is 5.87. The van der Waals surface area contributed by atoms with E-state index in [1.165, 1.54) is 11.1 Å². The number of carbonyl (C=O) groups excluding carboxylic acids is 1. The quantitative estimate of drug-likeness (QED) is 0.764. The summed E-state index contributed by atoms with van der Waals surface area (Å²) in [5, 5.41) is 0. The monoisotopic (exact) mass is 280 g/mol. The molecule has 2 heteroatoms. The van der Waals surface area contributed by atoms with E-state index < -0.39 is 0 Å². The molecular weight excluding hydrogens is 260 g/mol. The van der Waals surface area contributed by atoms with Crippen molar-refractivity contribution in [2.24, 2.45) is 0 Å². The predicted molar refractivity (Wildman–Crippen MR) is 84.0 cm³/mol. The fourth-order valence-electron chi connectivity index (χ4n) is 2.36. The Labute approximate surface area is 125 Å². The molecule has 0 amide bonds. The zero-order valence-electron chi connectivity index (χ0n) is 12.6. The minimum Gasteiger partial charge on any atom is -0.490 e. The summed E-state index contributed by atoms with van der Waals surface area (Å²) in [6.45, 7) is 4.10. The lowest BCUT2D eigenvalue weighted by atomic mass is 9.98. The van der Waals surface area contributed by atoms with Crippen LogP contribution in [0, 0.1) is 13.8 Å².